The molecule has 0 aliphatic carbocycles. The minimum atomic E-state index is -7.22. The van der Waals surface area contributed by atoms with Crippen LogP contribution in [0.3, 0.4) is 0 Å². The molecule has 1 heterocycles. The van der Waals surface area contributed by atoms with Gasteiger partial charge in [0.25, 0.3) is 0 Å². The van der Waals surface area contributed by atoms with Gasteiger partial charge in [-0.2, -0.15) is 4.57 Å². The Balaban J connectivity index is 0.000000380. The molecule has 1 aromatic heterocycles. The van der Waals surface area contributed by atoms with E-state index in [-0.39, 0.29) is 5.57 Å². The normalized spacial score (nSPS) is 11.6. The molecule has 0 unspecified atom stereocenters. The van der Waals surface area contributed by atoms with Crippen LogP contribution in [0.4, 0.5) is 87.8 Å². The quantitative estimate of drug-likeness (QED) is 0.0195. The molecule has 5 rings (SSSR count). The monoisotopic (exact) mass is 972 g/mol. The van der Waals surface area contributed by atoms with Crippen molar-refractivity contribution >= 4 is 39.9 Å². The van der Waals surface area contributed by atoms with Gasteiger partial charge in [0, 0.05) is 5.57 Å². The number of halogens is 20. The second-order valence-electron chi connectivity index (χ2n) is 14.3. The first-order chi connectivity index (χ1) is 30.5. The van der Waals surface area contributed by atoms with Crippen LogP contribution in [0.5, 0.6) is 0 Å². The van der Waals surface area contributed by atoms with Crippen LogP contribution in [0.2, 0.25) is 0 Å². The smallest absolute Gasteiger partial charge is 0.345 e. The van der Waals surface area contributed by atoms with Gasteiger partial charge in [-0.15, -0.1) is 21.9 Å². The minimum absolute atomic E-state index is 0.0585. The molecule has 0 fully saturated rings. The molecule has 0 N–H and O–H groups in total. The van der Waals surface area contributed by atoms with Crippen LogP contribution in [0.15, 0.2) is 35.9 Å². The van der Waals surface area contributed by atoms with Crippen LogP contribution in [0.25, 0.3) is 0 Å². The summed E-state index contributed by atoms with van der Waals surface area (Å²) in [6.07, 6.45) is -0.423. The number of carbonyl (C=O) groups is 2. The second kappa shape index (κ2) is 19.0. The molecule has 0 atom stereocenters. The third-order valence-corrected chi connectivity index (χ3v) is 9.72. The number of hydrogen-bond donors (Lipinski definition) is 0. The Kier molecular flexibility index (Phi) is 15.0. The van der Waals surface area contributed by atoms with E-state index < -0.39 is 162 Å². The highest BCUT2D eigenvalue weighted by atomic mass is 19.2. The van der Waals surface area contributed by atoms with Gasteiger partial charge < -0.3 is 9.47 Å². The van der Waals surface area contributed by atoms with Crippen LogP contribution in [0, 0.1) is 122 Å². The Morgan fingerprint density at radius 1 is 0.439 bits per heavy atom. The molecule has 6 nitrogen and oxygen atoms in total. The van der Waals surface area contributed by atoms with Crippen molar-refractivity contribution in [3.8, 4) is 0 Å². The number of carbonyl (C=O) groups excluding carboxylic acids is 2. The van der Waals surface area contributed by atoms with Gasteiger partial charge in [0.05, 0.1) is 26.6 Å². The van der Waals surface area contributed by atoms with Gasteiger partial charge in [-0.1, -0.05) is 20.8 Å². The SMILES string of the molecule is COC(=O)C(C(=O)OC)=C(C[n+]1ccncc1)C(C)(C)C.Fc1c(F)c(F)c([B-](c2c(F)c(F)c(F)c(F)c2F)(c2c(F)c(F)c(F)c(F)c2F)c2c(F)c(F)c(F)c(F)c2F)c(F)c1F. The summed E-state index contributed by atoms with van der Waals surface area (Å²) in [5.74, 6) is -72.8. The lowest BCUT2D eigenvalue weighted by molar-refractivity contribution is -0.690. The Morgan fingerprint density at radius 2 is 0.652 bits per heavy atom. The van der Waals surface area contributed by atoms with Crippen molar-refractivity contribution in [1.82, 2.24) is 4.98 Å². The van der Waals surface area contributed by atoms with Crippen molar-refractivity contribution in [2.24, 2.45) is 5.41 Å². The van der Waals surface area contributed by atoms with E-state index >= 15 is 35.1 Å². The third-order valence-electron chi connectivity index (χ3n) is 9.72. The number of allylic oxidation sites excluding steroid dienone is 1. The average molecular weight is 972 g/mol. The maximum Gasteiger partial charge on any atom is 0.345 e. The average Bonchev–Trinajstić information content (AvgIpc) is 3.28. The number of nitrogens with zero attached hydrogens (tertiary/aromatic N) is 2. The van der Waals surface area contributed by atoms with Crippen molar-refractivity contribution in [2.45, 2.75) is 27.3 Å². The van der Waals surface area contributed by atoms with Crippen LogP contribution < -0.4 is 26.4 Å². The molecule has 0 aliphatic heterocycles. The van der Waals surface area contributed by atoms with Gasteiger partial charge in [0.2, 0.25) is 0 Å². The molecule has 0 amide bonds. The van der Waals surface area contributed by atoms with Crippen LogP contribution in [-0.4, -0.2) is 37.3 Å². The topological polar surface area (TPSA) is 69.4 Å². The summed E-state index contributed by atoms with van der Waals surface area (Å²) in [6, 6.07) is 0. The molecule has 0 radical (unpaired) electrons. The number of esters is 2. The summed E-state index contributed by atoms with van der Waals surface area (Å²) >= 11 is 0. The molecular weight excluding hydrogens is 951 g/mol. The van der Waals surface area contributed by atoms with Gasteiger partial charge >= 0.3 is 11.9 Å². The number of ether oxygens (including phenoxy) is 2. The molecule has 5 aromatic rings. The number of methoxy groups -OCH3 is 2. The first kappa shape index (κ1) is 51.9. The van der Waals surface area contributed by atoms with E-state index in [1.54, 1.807) is 24.8 Å². The summed E-state index contributed by atoms with van der Waals surface area (Å²) in [5, 5.41) is 0. The molecule has 27 heteroatoms. The van der Waals surface area contributed by atoms with Crippen molar-refractivity contribution in [1.29, 1.82) is 0 Å². The van der Waals surface area contributed by atoms with E-state index in [1.807, 2.05) is 25.3 Å². The largest absolute Gasteiger partial charge is 0.465 e. The van der Waals surface area contributed by atoms with Gasteiger partial charge in [-0.3, -0.25) is 4.98 Å². The van der Waals surface area contributed by atoms with Crippen LogP contribution in [-0.2, 0) is 25.6 Å². The molecule has 0 saturated carbocycles. The minimum Gasteiger partial charge on any atom is -0.465 e. The Bertz CT molecular complexity index is 2440. The van der Waals surface area contributed by atoms with Crippen molar-refractivity contribution in [3.63, 3.8) is 0 Å². The van der Waals surface area contributed by atoms with E-state index in [0.29, 0.717) is 12.1 Å². The van der Waals surface area contributed by atoms with E-state index in [4.69, 9.17) is 9.47 Å². The van der Waals surface area contributed by atoms with Crippen molar-refractivity contribution < 1.29 is 111 Å². The molecule has 4 aromatic carbocycles. The van der Waals surface area contributed by atoms with Crippen LogP contribution >= 0.6 is 0 Å². The maximum atomic E-state index is 15.4. The van der Waals surface area contributed by atoms with E-state index in [9.17, 15) is 62.3 Å². The first-order valence-electron chi connectivity index (χ1n) is 17.4. The van der Waals surface area contributed by atoms with E-state index in [1.165, 1.54) is 14.2 Å². The predicted molar refractivity (Wildman–Crippen MR) is 184 cm³/mol. The van der Waals surface area contributed by atoms with E-state index in [0.717, 1.165) is 0 Å². The van der Waals surface area contributed by atoms with Crippen molar-refractivity contribution in [3.05, 3.63) is 152 Å². The third kappa shape index (κ3) is 8.37. The number of hydrogen-bond acceptors (Lipinski definition) is 5. The van der Waals surface area contributed by atoms with Gasteiger partial charge in [0.15, 0.2) is 94.3 Å². The summed E-state index contributed by atoms with van der Waals surface area (Å²) in [6.45, 7) is 6.15. The Labute approximate surface area is 355 Å². The molecule has 0 aliphatic rings. The zero-order chi connectivity index (χ0) is 50.4. The Morgan fingerprint density at radius 3 is 0.848 bits per heavy atom. The number of benzene rings is 4. The fraction of sp³-hybridized carbons (Fsp3) is 0.179. The molecular formula is C39H21BF20N2O4. The van der Waals surface area contributed by atoms with Crippen molar-refractivity contribution in [2.75, 3.05) is 14.2 Å². The van der Waals surface area contributed by atoms with Gasteiger partial charge in [-0.05, 0) is 5.41 Å². The number of rotatable bonds is 8. The van der Waals surface area contributed by atoms with Gasteiger partial charge in [0.1, 0.15) is 52.7 Å². The maximum absolute atomic E-state index is 15.4. The molecule has 0 spiro atoms. The van der Waals surface area contributed by atoms with Gasteiger partial charge in [-0.25, -0.2) is 97.4 Å². The fourth-order valence-electron chi connectivity index (χ4n) is 6.73. The molecule has 0 saturated heterocycles. The van der Waals surface area contributed by atoms with E-state index in [2.05, 4.69) is 4.98 Å². The lowest BCUT2D eigenvalue weighted by Gasteiger charge is -2.44. The summed E-state index contributed by atoms with van der Waals surface area (Å²) in [7, 11) is 2.48. The fourth-order valence-corrected chi connectivity index (χ4v) is 6.73. The highest BCUT2D eigenvalue weighted by Crippen LogP contribution is 2.32. The standard InChI is InChI=1S/C24BF20.C15H21N2O4/c26-5-1(6(27)14(35)21(42)13(5)34)25(2-7(28)15(36)22(43)16(37)8(2)29,3-9(30)17(38)23(44)18(39)10(3)31)4-11(32)19(40)24(45)20(41)12(4)33;1-15(2,3)11(10-17-8-6-16-7-9-17)12(13(18)20-4)14(19)21-5/h;6-9H,10H2,1-5H3/q-1;+1. The lowest BCUT2D eigenvalue weighted by atomic mass is 9.12. The molecule has 0 bridgehead atoms. The highest BCUT2D eigenvalue weighted by Gasteiger charge is 2.52. The Hall–Kier alpha value is -6.70. The molecule has 66 heavy (non-hydrogen) atoms. The highest BCUT2D eigenvalue weighted by molar-refractivity contribution is 7.20. The summed E-state index contributed by atoms with van der Waals surface area (Å²) in [4.78, 5) is 27.9. The lowest BCUT2D eigenvalue weighted by Crippen LogP contribution is -2.81. The second-order valence-corrected chi connectivity index (χ2v) is 14.3. The predicted octanol–water partition coefficient (Wildman–Crippen LogP) is 6.90. The molecule has 354 valence electrons. The summed E-state index contributed by atoms with van der Waals surface area (Å²) in [5.41, 5.74) is -14.2. The summed E-state index contributed by atoms with van der Waals surface area (Å²) < 4.78 is 305. The zero-order valence-corrected chi connectivity index (χ0v) is 33.2. The first-order valence-corrected chi connectivity index (χ1v) is 17.4. The zero-order valence-electron chi connectivity index (χ0n) is 33.2. The van der Waals surface area contributed by atoms with Crippen LogP contribution in [0.1, 0.15) is 20.8 Å². The number of aromatic nitrogens is 2.